The van der Waals surface area contributed by atoms with Gasteiger partial charge >= 0.3 is 0 Å². The van der Waals surface area contributed by atoms with Crippen LogP contribution < -0.4 is 5.32 Å². The molecule has 0 spiro atoms. The van der Waals surface area contributed by atoms with Crippen LogP contribution in [0.5, 0.6) is 0 Å². The van der Waals surface area contributed by atoms with E-state index in [1.807, 2.05) is 24.3 Å². The van der Waals surface area contributed by atoms with E-state index >= 15 is 0 Å². The van der Waals surface area contributed by atoms with Crippen molar-refractivity contribution in [2.75, 3.05) is 0 Å². The van der Waals surface area contributed by atoms with Gasteiger partial charge in [0, 0.05) is 16.6 Å². The van der Waals surface area contributed by atoms with Gasteiger partial charge in [0.2, 0.25) is 0 Å². The summed E-state index contributed by atoms with van der Waals surface area (Å²) in [5.41, 5.74) is 0.881. The standard InChI is InChI=1S/C18H21Cl2NO.ClH/c19-13-7-9-16(17(20)11-13)18-10-8-15(22-18)12-21-14-5-3-1-2-4-6-14;/h7-11,14,21H,1-6,12H2;1H. The Morgan fingerprint density at radius 3 is 2.43 bits per heavy atom. The first-order valence-corrected chi connectivity index (χ1v) is 8.75. The summed E-state index contributed by atoms with van der Waals surface area (Å²) in [6, 6.07) is 10.1. The lowest BCUT2D eigenvalue weighted by molar-refractivity contribution is 0.420. The molecule has 1 aromatic heterocycles. The molecule has 1 heterocycles. The molecule has 1 aliphatic carbocycles. The van der Waals surface area contributed by atoms with E-state index in [1.54, 1.807) is 6.07 Å². The van der Waals surface area contributed by atoms with Crippen molar-refractivity contribution >= 4 is 35.6 Å². The molecule has 3 rings (SSSR count). The van der Waals surface area contributed by atoms with Crippen molar-refractivity contribution in [2.45, 2.75) is 51.1 Å². The highest BCUT2D eigenvalue weighted by Gasteiger charge is 2.13. The Labute approximate surface area is 154 Å². The second kappa shape index (κ2) is 8.98. The van der Waals surface area contributed by atoms with Crippen LogP contribution in [0.3, 0.4) is 0 Å². The Hall–Kier alpha value is -0.670. The van der Waals surface area contributed by atoms with Crippen LogP contribution in [0.4, 0.5) is 0 Å². The molecule has 0 atom stereocenters. The third-order valence-electron chi connectivity index (χ3n) is 4.28. The van der Waals surface area contributed by atoms with E-state index in [9.17, 15) is 0 Å². The first-order chi connectivity index (χ1) is 10.7. The fraction of sp³-hybridized carbons (Fsp3) is 0.444. The molecular formula is C18H22Cl3NO. The molecule has 1 fully saturated rings. The maximum absolute atomic E-state index is 6.23. The zero-order valence-corrected chi connectivity index (χ0v) is 15.3. The minimum Gasteiger partial charge on any atom is -0.460 e. The molecule has 2 aromatic rings. The highest BCUT2D eigenvalue weighted by atomic mass is 35.5. The molecule has 1 N–H and O–H groups in total. The molecule has 126 valence electrons. The van der Waals surface area contributed by atoms with Gasteiger partial charge in [0.25, 0.3) is 0 Å². The summed E-state index contributed by atoms with van der Waals surface area (Å²) in [6.45, 7) is 0.774. The molecule has 0 aliphatic heterocycles. The van der Waals surface area contributed by atoms with Gasteiger partial charge in [-0.2, -0.15) is 0 Å². The molecule has 1 aromatic carbocycles. The minimum atomic E-state index is 0. The normalized spacial score (nSPS) is 15.9. The smallest absolute Gasteiger partial charge is 0.135 e. The lowest BCUT2D eigenvalue weighted by Crippen LogP contribution is -2.27. The van der Waals surface area contributed by atoms with Gasteiger partial charge < -0.3 is 9.73 Å². The predicted octanol–water partition coefficient (Wildman–Crippen LogP) is 6.49. The fourth-order valence-corrected chi connectivity index (χ4v) is 3.54. The molecule has 2 nitrogen and oxygen atoms in total. The average Bonchev–Trinajstić information content (AvgIpc) is 2.80. The summed E-state index contributed by atoms with van der Waals surface area (Å²) in [4.78, 5) is 0. The minimum absolute atomic E-state index is 0. The van der Waals surface area contributed by atoms with Crippen LogP contribution in [-0.4, -0.2) is 6.04 Å². The van der Waals surface area contributed by atoms with Crippen LogP contribution in [0.25, 0.3) is 11.3 Å². The van der Waals surface area contributed by atoms with E-state index in [1.165, 1.54) is 38.5 Å². The Bertz CT molecular complexity index is 618. The lowest BCUT2D eigenvalue weighted by Gasteiger charge is -2.14. The number of hydrogen-bond acceptors (Lipinski definition) is 2. The van der Waals surface area contributed by atoms with Gasteiger partial charge in [-0.25, -0.2) is 0 Å². The quantitative estimate of drug-likeness (QED) is 0.619. The van der Waals surface area contributed by atoms with Crippen LogP contribution in [0, 0.1) is 0 Å². The maximum Gasteiger partial charge on any atom is 0.135 e. The van der Waals surface area contributed by atoms with Crippen molar-refractivity contribution in [3.8, 4) is 11.3 Å². The van der Waals surface area contributed by atoms with E-state index in [4.69, 9.17) is 27.6 Å². The Morgan fingerprint density at radius 2 is 1.74 bits per heavy atom. The van der Waals surface area contributed by atoms with Crippen LogP contribution in [0.15, 0.2) is 34.7 Å². The second-order valence-electron chi connectivity index (χ2n) is 5.96. The van der Waals surface area contributed by atoms with Crippen molar-refractivity contribution in [2.24, 2.45) is 0 Å². The predicted molar refractivity (Wildman–Crippen MR) is 99.7 cm³/mol. The number of hydrogen-bond donors (Lipinski definition) is 1. The van der Waals surface area contributed by atoms with Crippen LogP contribution in [0.1, 0.15) is 44.3 Å². The molecule has 23 heavy (non-hydrogen) atoms. The van der Waals surface area contributed by atoms with Gasteiger partial charge in [-0.15, -0.1) is 12.4 Å². The zero-order valence-electron chi connectivity index (χ0n) is 13.0. The monoisotopic (exact) mass is 373 g/mol. The van der Waals surface area contributed by atoms with E-state index in [-0.39, 0.29) is 12.4 Å². The fourth-order valence-electron chi connectivity index (χ4n) is 3.04. The largest absolute Gasteiger partial charge is 0.460 e. The van der Waals surface area contributed by atoms with Gasteiger partial charge in [0.15, 0.2) is 0 Å². The van der Waals surface area contributed by atoms with Crippen molar-refractivity contribution in [1.82, 2.24) is 5.32 Å². The first-order valence-electron chi connectivity index (χ1n) is 8.00. The van der Waals surface area contributed by atoms with Crippen molar-refractivity contribution < 1.29 is 4.42 Å². The summed E-state index contributed by atoms with van der Waals surface area (Å²) in [7, 11) is 0. The van der Waals surface area contributed by atoms with Gasteiger partial charge in [-0.1, -0.05) is 48.9 Å². The van der Waals surface area contributed by atoms with E-state index in [2.05, 4.69) is 5.32 Å². The highest BCUT2D eigenvalue weighted by Crippen LogP contribution is 2.31. The van der Waals surface area contributed by atoms with Crippen molar-refractivity contribution in [3.63, 3.8) is 0 Å². The second-order valence-corrected chi connectivity index (χ2v) is 6.80. The van der Waals surface area contributed by atoms with Gasteiger partial charge in [-0.3, -0.25) is 0 Å². The Morgan fingerprint density at radius 1 is 1.00 bits per heavy atom. The first kappa shape index (κ1) is 18.7. The molecule has 5 heteroatoms. The SMILES string of the molecule is Cl.Clc1ccc(-c2ccc(CNC3CCCCCC3)o2)c(Cl)c1. The van der Waals surface area contributed by atoms with Gasteiger partial charge in [0.05, 0.1) is 11.6 Å². The van der Waals surface area contributed by atoms with Crippen LogP contribution in [0.2, 0.25) is 10.0 Å². The van der Waals surface area contributed by atoms with E-state index < -0.39 is 0 Å². The number of halogens is 3. The molecule has 1 saturated carbocycles. The Kier molecular flexibility index (Phi) is 7.29. The average molecular weight is 375 g/mol. The lowest BCUT2D eigenvalue weighted by atomic mass is 10.1. The maximum atomic E-state index is 6.23. The molecule has 0 unspecified atom stereocenters. The number of rotatable bonds is 4. The topological polar surface area (TPSA) is 25.2 Å². The summed E-state index contributed by atoms with van der Waals surface area (Å²) >= 11 is 12.2. The van der Waals surface area contributed by atoms with E-state index in [0.29, 0.717) is 16.1 Å². The molecule has 1 aliphatic rings. The van der Waals surface area contributed by atoms with Gasteiger partial charge in [-0.05, 0) is 43.2 Å². The molecular weight excluding hydrogens is 353 g/mol. The van der Waals surface area contributed by atoms with E-state index in [0.717, 1.165) is 23.6 Å². The van der Waals surface area contributed by atoms with Crippen LogP contribution in [-0.2, 0) is 6.54 Å². The molecule has 0 saturated heterocycles. The molecule has 0 amide bonds. The van der Waals surface area contributed by atoms with Crippen molar-refractivity contribution in [1.29, 1.82) is 0 Å². The van der Waals surface area contributed by atoms with Crippen molar-refractivity contribution in [3.05, 3.63) is 46.1 Å². The summed E-state index contributed by atoms with van der Waals surface area (Å²) < 4.78 is 5.92. The van der Waals surface area contributed by atoms with Crippen LogP contribution >= 0.6 is 35.6 Å². The third-order valence-corrected chi connectivity index (χ3v) is 4.83. The summed E-state index contributed by atoms with van der Waals surface area (Å²) in [6.07, 6.45) is 7.96. The molecule has 0 bridgehead atoms. The number of furan rings is 1. The number of nitrogens with one attached hydrogen (secondary N) is 1. The summed E-state index contributed by atoms with van der Waals surface area (Å²) in [5.74, 6) is 1.74. The third kappa shape index (κ3) is 5.15. The highest BCUT2D eigenvalue weighted by molar-refractivity contribution is 6.36. The van der Waals surface area contributed by atoms with Gasteiger partial charge in [0.1, 0.15) is 11.5 Å². The zero-order chi connectivity index (χ0) is 15.4. The Balaban J connectivity index is 0.00000192. The molecule has 0 radical (unpaired) electrons. The summed E-state index contributed by atoms with van der Waals surface area (Å²) in [5, 5.41) is 4.87. The number of benzene rings is 1.